The van der Waals surface area contributed by atoms with Crippen molar-refractivity contribution in [3.63, 3.8) is 0 Å². The Labute approximate surface area is 202 Å². The van der Waals surface area contributed by atoms with Gasteiger partial charge < -0.3 is 0 Å². The van der Waals surface area contributed by atoms with Gasteiger partial charge in [0.15, 0.2) is 0 Å². The fourth-order valence-corrected chi connectivity index (χ4v) is 4.85. The summed E-state index contributed by atoms with van der Waals surface area (Å²) in [6.07, 6.45) is 1.82. The zero-order chi connectivity index (χ0) is 23.2. The molecule has 0 amide bonds. The monoisotopic (exact) mass is 448 g/mol. The number of hydrogen-bond donors (Lipinski definition) is 0. The smallest absolute Gasteiger partial charge is 0.147 e. The van der Waals surface area contributed by atoms with Crippen molar-refractivity contribution >= 4 is 32.8 Å². The fraction of sp³-hybridized carbons (Fsp3) is 0. The van der Waals surface area contributed by atoms with Crippen LogP contribution in [0.2, 0.25) is 0 Å². The Balaban J connectivity index is 1.55. The van der Waals surface area contributed by atoms with Crippen LogP contribution in [0.1, 0.15) is 0 Å². The van der Waals surface area contributed by atoms with Crippen molar-refractivity contribution in [2.45, 2.75) is 0 Å². The van der Waals surface area contributed by atoms with Crippen LogP contribution in [0.3, 0.4) is 0 Å². The van der Waals surface area contributed by atoms with Crippen molar-refractivity contribution in [2.24, 2.45) is 0 Å². The summed E-state index contributed by atoms with van der Waals surface area (Å²) >= 11 is 0. The summed E-state index contributed by atoms with van der Waals surface area (Å²) in [5, 5.41) is 3.36. The quantitative estimate of drug-likeness (QED) is 0.282. The van der Waals surface area contributed by atoms with Crippen LogP contribution >= 0.6 is 0 Å². The minimum absolute atomic E-state index is 0.847. The first-order valence-corrected chi connectivity index (χ1v) is 11.6. The maximum Gasteiger partial charge on any atom is 0.147 e. The molecule has 7 aromatic rings. The Morgan fingerprint density at radius 2 is 1.37 bits per heavy atom. The largest absolute Gasteiger partial charge is 0.278 e. The van der Waals surface area contributed by atoms with E-state index in [1.165, 1.54) is 0 Å². The summed E-state index contributed by atoms with van der Waals surface area (Å²) in [5.41, 5.74) is 6.86. The maximum atomic E-state index is 5.25. The van der Waals surface area contributed by atoms with Crippen LogP contribution < -0.4 is 0 Å². The van der Waals surface area contributed by atoms with Crippen LogP contribution in [0, 0.1) is 0 Å². The number of rotatable bonds is 3. The van der Waals surface area contributed by atoms with Crippen molar-refractivity contribution in [3.05, 3.63) is 121 Å². The van der Waals surface area contributed by atoms with Crippen LogP contribution in [0.15, 0.2) is 121 Å². The summed E-state index contributed by atoms with van der Waals surface area (Å²) in [7, 11) is 0. The van der Waals surface area contributed by atoms with Gasteiger partial charge in [-0.25, -0.2) is 9.97 Å². The number of aromatic nitrogens is 4. The fourth-order valence-electron chi connectivity index (χ4n) is 4.85. The number of fused-ring (bicyclic) bond motifs is 4. The van der Waals surface area contributed by atoms with Gasteiger partial charge in [0, 0.05) is 33.5 Å². The van der Waals surface area contributed by atoms with Gasteiger partial charge in [-0.3, -0.25) is 9.55 Å². The Hall–Kier alpha value is -4.83. The minimum Gasteiger partial charge on any atom is -0.278 e. The van der Waals surface area contributed by atoms with Crippen LogP contribution in [-0.4, -0.2) is 19.5 Å². The highest BCUT2D eigenvalue weighted by molar-refractivity contribution is 6.12. The highest BCUT2D eigenvalue weighted by Crippen LogP contribution is 2.35. The third-order valence-corrected chi connectivity index (χ3v) is 6.45. The van der Waals surface area contributed by atoms with Gasteiger partial charge in [-0.05, 0) is 36.4 Å². The summed E-state index contributed by atoms with van der Waals surface area (Å²) in [4.78, 5) is 14.9. The van der Waals surface area contributed by atoms with E-state index in [1.807, 2.05) is 42.6 Å². The van der Waals surface area contributed by atoms with Gasteiger partial charge >= 0.3 is 0 Å². The third-order valence-electron chi connectivity index (χ3n) is 6.45. The molecule has 0 radical (unpaired) electrons. The number of benzene rings is 3. The molecule has 0 aliphatic carbocycles. The van der Waals surface area contributed by atoms with E-state index in [0.29, 0.717) is 0 Å². The average Bonchev–Trinajstić information content (AvgIpc) is 3.26. The molecule has 0 bridgehead atoms. The second kappa shape index (κ2) is 7.89. The van der Waals surface area contributed by atoms with E-state index < -0.39 is 0 Å². The summed E-state index contributed by atoms with van der Waals surface area (Å²) in [6, 6.07) is 39.4. The Bertz CT molecular complexity index is 1840. The van der Waals surface area contributed by atoms with Gasteiger partial charge in [0.05, 0.1) is 22.4 Å². The average molecular weight is 449 g/mol. The Kier molecular flexibility index (Phi) is 4.42. The van der Waals surface area contributed by atoms with Crippen molar-refractivity contribution in [1.82, 2.24) is 19.5 Å². The van der Waals surface area contributed by atoms with Crippen LogP contribution in [0.4, 0.5) is 0 Å². The molecule has 4 heterocycles. The van der Waals surface area contributed by atoms with Crippen LogP contribution in [-0.2, 0) is 0 Å². The normalized spacial score (nSPS) is 11.4. The van der Waals surface area contributed by atoms with Crippen LogP contribution in [0.5, 0.6) is 0 Å². The molecule has 164 valence electrons. The minimum atomic E-state index is 0.847. The van der Waals surface area contributed by atoms with E-state index in [2.05, 4.69) is 88.4 Å². The molecular formula is C31H20N4. The molecule has 0 spiro atoms. The topological polar surface area (TPSA) is 43.6 Å². The summed E-state index contributed by atoms with van der Waals surface area (Å²) < 4.78 is 2.17. The van der Waals surface area contributed by atoms with E-state index in [9.17, 15) is 0 Å². The van der Waals surface area contributed by atoms with Crippen molar-refractivity contribution in [2.75, 3.05) is 0 Å². The first-order valence-electron chi connectivity index (χ1n) is 11.6. The molecule has 35 heavy (non-hydrogen) atoms. The third kappa shape index (κ3) is 3.19. The lowest BCUT2D eigenvalue weighted by Gasteiger charge is -2.10. The van der Waals surface area contributed by atoms with Gasteiger partial charge in [0.1, 0.15) is 11.5 Å². The highest BCUT2D eigenvalue weighted by atomic mass is 15.1. The SMILES string of the molecule is c1ccc(-c2cccc(-n3c4ccccc4c4cc5cccc(-c6ccccn6)c5nc43)n2)cc1. The van der Waals surface area contributed by atoms with Crippen LogP contribution in [0.25, 0.3) is 61.2 Å². The zero-order valence-electron chi connectivity index (χ0n) is 18.8. The summed E-state index contributed by atoms with van der Waals surface area (Å²) in [6.45, 7) is 0. The van der Waals surface area contributed by atoms with Crippen molar-refractivity contribution in [3.8, 4) is 28.3 Å². The first-order chi connectivity index (χ1) is 17.4. The molecule has 4 heteroatoms. The Morgan fingerprint density at radius 3 is 2.26 bits per heavy atom. The summed E-state index contributed by atoms with van der Waals surface area (Å²) in [5.74, 6) is 0.847. The van der Waals surface area contributed by atoms with E-state index in [-0.39, 0.29) is 0 Å². The molecule has 4 aromatic heterocycles. The molecule has 7 rings (SSSR count). The van der Waals surface area contributed by atoms with E-state index in [4.69, 9.17) is 9.97 Å². The lowest BCUT2D eigenvalue weighted by molar-refractivity contribution is 1.06. The molecule has 0 N–H and O–H groups in total. The second-order valence-electron chi connectivity index (χ2n) is 8.55. The molecule has 4 nitrogen and oxygen atoms in total. The lowest BCUT2D eigenvalue weighted by Crippen LogP contribution is -2.00. The van der Waals surface area contributed by atoms with Gasteiger partial charge in [-0.15, -0.1) is 0 Å². The maximum absolute atomic E-state index is 5.25. The molecule has 0 unspecified atom stereocenters. The van der Waals surface area contributed by atoms with E-state index in [1.54, 1.807) is 0 Å². The highest BCUT2D eigenvalue weighted by Gasteiger charge is 2.17. The molecule has 0 saturated carbocycles. The predicted octanol–water partition coefficient (Wildman–Crippen LogP) is 7.46. The molecule has 0 saturated heterocycles. The predicted molar refractivity (Wildman–Crippen MR) is 143 cm³/mol. The molecule has 3 aromatic carbocycles. The number of para-hydroxylation sites is 2. The van der Waals surface area contributed by atoms with Gasteiger partial charge in [0.25, 0.3) is 0 Å². The standard InChI is InChI=1S/C31H20N4/c1-2-10-21(11-3-1)26-16-9-18-29(33-26)35-28-17-5-4-13-23(28)25-20-22-12-8-14-24(30(22)34-31(25)35)27-15-6-7-19-32-27/h1-20H. The molecule has 0 aliphatic heterocycles. The van der Waals surface area contributed by atoms with E-state index in [0.717, 1.165) is 61.2 Å². The number of pyridine rings is 3. The molecule has 0 fully saturated rings. The molecular weight excluding hydrogens is 428 g/mol. The Morgan fingerprint density at radius 1 is 0.571 bits per heavy atom. The second-order valence-corrected chi connectivity index (χ2v) is 8.55. The first kappa shape index (κ1) is 19.6. The van der Waals surface area contributed by atoms with Gasteiger partial charge in [0.2, 0.25) is 0 Å². The van der Waals surface area contributed by atoms with Gasteiger partial charge in [-0.2, -0.15) is 0 Å². The molecule has 0 aliphatic rings. The zero-order valence-corrected chi connectivity index (χ0v) is 18.8. The van der Waals surface area contributed by atoms with Crippen molar-refractivity contribution < 1.29 is 0 Å². The molecule has 0 atom stereocenters. The number of nitrogens with zero attached hydrogens (tertiary/aromatic N) is 4. The van der Waals surface area contributed by atoms with Gasteiger partial charge in [-0.1, -0.05) is 78.9 Å². The number of hydrogen-bond acceptors (Lipinski definition) is 3. The van der Waals surface area contributed by atoms with E-state index >= 15 is 0 Å². The lowest BCUT2D eigenvalue weighted by atomic mass is 10.0. The van der Waals surface area contributed by atoms with Crippen molar-refractivity contribution in [1.29, 1.82) is 0 Å².